The number of fused-ring (bicyclic) bond motifs is 1. The van der Waals surface area contributed by atoms with E-state index in [9.17, 15) is 13.2 Å². The maximum absolute atomic E-state index is 13.0. The molecule has 1 amide bonds. The third kappa shape index (κ3) is 7.72. The molecule has 210 valence electrons. The summed E-state index contributed by atoms with van der Waals surface area (Å²) >= 11 is 1.46. The molecule has 0 saturated heterocycles. The molecule has 39 heavy (non-hydrogen) atoms. The lowest BCUT2D eigenvalue weighted by Gasteiger charge is -2.19. The smallest absolute Gasteiger partial charge is 0.270 e. The van der Waals surface area contributed by atoms with Crippen LogP contribution in [0, 0.1) is 6.92 Å². The summed E-state index contributed by atoms with van der Waals surface area (Å²) in [5.74, 6) is 0.544. The molecule has 0 spiro atoms. The van der Waals surface area contributed by atoms with E-state index in [2.05, 4.69) is 49.0 Å². The number of amides is 1. The zero-order valence-corrected chi connectivity index (χ0v) is 24.2. The molecule has 11 nitrogen and oxygen atoms in total. The fourth-order valence-electron chi connectivity index (χ4n) is 4.45. The lowest BCUT2D eigenvalue weighted by Crippen LogP contribution is -2.33. The van der Waals surface area contributed by atoms with Gasteiger partial charge in [-0.25, -0.2) is 23.1 Å². The maximum atomic E-state index is 13.0. The van der Waals surface area contributed by atoms with Gasteiger partial charge in [0.2, 0.25) is 10.0 Å². The van der Waals surface area contributed by atoms with Gasteiger partial charge < -0.3 is 10.2 Å². The van der Waals surface area contributed by atoms with Gasteiger partial charge in [-0.15, -0.1) is 11.3 Å². The van der Waals surface area contributed by atoms with Crippen molar-refractivity contribution in [3.05, 3.63) is 70.5 Å². The number of carbonyl (C=O) groups excluding carboxylic acids is 1. The number of hydrogen-bond donors (Lipinski definition) is 3. The van der Waals surface area contributed by atoms with Crippen LogP contribution in [0.2, 0.25) is 0 Å². The predicted molar refractivity (Wildman–Crippen MR) is 152 cm³/mol. The number of imidazole rings is 1. The molecule has 0 saturated carbocycles. The SMILES string of the molecule is CCN(CC)CCCS(=O)(=O)N[C@H](CCc1ccccc1)c1n[nH]c(CNC(=O)c2c(C)nc3sccn23)n1. The van der Waals surface area contributed by atoms with E-state index in [-0.39, 0.29) is 18.2 Å². The van der Waals surface area contributed by atoms with Crippen molar-refractivity contribution in [3.63, 3.8) is 0 Å². The molecule has 4 rings (SSSR count). The Morgan fingerprint density at radius 2 is 1.95 bits per heavy atom. The van der Waals surface area contributed by atoms with Gasteiger partial charge in [0.25, 0.3) is 5.91 Å². The molecule has 0 radical (unpaired) electrons. The fourth-order valence-corrected chi connectivity index (χ4v) is 6.49. The number of aryl methyl sites for hydroxylation is 2. The van der Waals surface area contributed by atoms with Gasteiger partial charge in [0.1, 0.15) is 11.5 Å². The molecular formula is C26H36N8O3S2. The Morgan fingerprint density at radius 1 is 1.18 bits per heavy atom. The van der Waals surface area contributed by atoms with Crippen molar-refractivity contribution >= 4 is 32.2 Å². The molecule has 0 aliphatic heterocycles. The lowest BCUT2D eigenvalue weighted by molar-refractivity contribution is 0.0943. The largest absolute Gasteiger partial charge is 0.343 e. The molecule has 0 bridgehead atoms. The fraction of sp³-hybridized carbons (Fsp3) is 0.462. The highest BCUT2D eigenvalue weighted by atomic mass is 32.2. The van der Waals surface area contributed by atoms with Crippen LogP contribution in [0.25, 0.3) is 4.96 Å². The van der Waals surface area contributed by atoms with Crippen molar-refractivity contribution in [3.8, 4) is 0 Å². The van der Waals surface area contributed by atoms with Gasteiger partial charge in [-0.1, -0.05) is 44.2 Å². The molecule has 0 fully saturated rings. The van der Waals surface area contributed by atoms with Crippen LogP contribution in [-0.4, -0.2) is 69.2 Å². The Bertz CT molecular complexity index is 1460. The Labute approximate surface area is 233 Å². The summed E-state index contributed by atoms with van der Waals surface area (Å²) in [6.45, 7) is 8.55. The summed E-state index contributed by atoms with van der Waals surface area (Å²) in [6.07, 6.45) is 3.51. The highest BCUT2D eigenvalue weighted by molar-refractivity contribution is 7.89. The Balaban J connectivity index is 1.42. The third-order valence-corrected chi connectivity index (χ3v) is 8.82. The Morgan fingerprint density at radius 3 is 2.69 bits per heavy atom. The van der Waals surface area contributed by atoms with Crippen molar-refractivity contribution < 1.29 is 13.2 Å². The maximum Gasteiger partial charge on any atom is 0.270 e. The van der Waals surface area contributed by atoms with Crippen LogP contribution >= 0.6 is 11.3 Å². The van der Waals surface area contributed by atoms with Gasteiger partial charge in [0, 0.05) is 11.6 Å². The zero-order chi connectivity index (χ0) is 27.8. The van der Waals surface area contributed by atoms with E-state index in [1.54, 1.807) is 11.3 Å². The first-order valence-electron chi connectivity index (χ1n) is 13.2. The second-order valence-corrected chi connectivity index (χ2v) is 12.1. The van der Waals surface area contributed by atoms with Crippen LogP contribution in [0.5, 0.6) is 0 Å². The highest BCUT2D eigenvalue weighted by Crippen LogP contribution is 2.19. The van der Waals surface area contributed by atoms with Gasteiger partial charge in [0.15, 0.2) is 10.8 Å². The normalized spacial score (nSPS) is 12.8. The Kier molecular flexibility index (Phi) is 9.83. The average molecular weight is 573 g/mol. The molecule has 0 aliphatic rings. The monoisotopic (exact) mass is 572 g/mol. The number of thiazole rings is 1. The zero-order valence-electron chi connectivity index (χ0n) is 22.6. The molecule has 3 aromatic heterocycles. The van der Waals surface area contributed by atoms with E-state index >= 15 is 0 Å². The van der Waals surface area contributed by atoms with Gasteiger partial charge in [-0.2, -0.15) is 5.10 Å². The minimum absolute atomic E-state index is 0.0282. The molecule has 0 aliphatic carbocycles. The highest BCUT2D eigenvalue weighted by Gasteiger charge is 2.24. The second kappa shape index (κ2) is 13.3. The van der Waals surface area contributed by atoms with Crippen LogP contribution < -0.4 is 10.0 Å². The number of rotatable bonds is 15. The van der Waals surface area contributed by atoms with Gasteiger partial charge in [0.05, 0.1) is 24.0 Å². The summed E-state index contributed by atoms with van der Waals surface area (Å²) in [4.78, 5) is 24.8. The number of nitrogens with zero attached hydrogens (tertiary/aromatic N) is 5. The minimum Gasteiger partial charge on any atom is -0.343 e. The van der Waals surface area contributed by atoms with Crippen LogP contribution in [0.15, 0.2) is 41.9 Å². The number of benzene rings is 1. The number of H-pyrrole nitrogens is 1. The molecule has 3 N–H and O–H groups in total. The summed E-state index contributed by atoms with van der Waals surface area (Å²) in [5, 5.41) is 11.9. The number of sulfonamides is 1. The minimum atomic E-state index is -3.56. The topological polar surface area (TPSA) is 137 Å². The number of carbonyl (C=O) groups is 1. The lowest BCUT2D eigenvalue weighted by atomic mass is 10.1. The molecule has 4 aromatic rings. The van der Waals surface area contributed by atoms with E-state index in [4.69, 9.17) is 0 Å². The van der Waals surface area contributed by atoms with Crippen LogP contribution in [-0.2, 0) is 23.0 Å². The number of nitrogens with one attached hydrogen (secondary N) is 3. The van der Waals surface area contributed by atoms with E-state index in [1.165, 1.54) is 11.3 Å². The van der Waals surface area contributed by atoms with Crippen molar-refractivity contribution in [1.29, 1.82) is 0 Å². The van der Waals surface area contributed by atoms with Gasteiger partial charge in [-0.05, 0) is 51.4 Å². The number of aromatic amines is 1. The summed E-state index contributed by atoms with van der Waals surface area (Å²) in [6, 6.07) is 9.29. The molecule has 13 heteroatoms. The van der Waals surface area contributed by atoms with Crippen LogP contribution in [0.3, 0.4) is 0 Å². The van der Waals surface area contributed by atoms with E-state index in [1.807, 2.05) is 41.9 Å². The molecule has 1 atom stereocenters. The number of aromatic nitrogens is 5. The quantitative estimate of drug-likeness (QED) is 0.199. The molecule has 0 unspecified atom stereocenters. The van der Waals surface area contributed by atoms with Crippen molar-refractivity contribution in [2.75, 3.05) is 25.4 Å². The first-order valence-corrected chi connectivity index (χ1v) is 15.7. The van der Waals surface area contributed by atoms with E-state index in [0.29, 0.717) is 42.3 Å². The van der Waals surface area contributed by atoms with Crippen molar-refractivity contribution in [2.24, 2.45) is 0 Å². The Hall–Kier alpha value is -3.13. The van der Waals surface area contributed by atoms with E-state index in [0.717, 1.165) is 30.2 Å². The van der Waals surface area contributed by atoms with Crippen LogP contribution in [0.4, 0.5) is 0 Å². The third-order valence-electron chi connectivity index (χ3n) is 6.60. The summed E-state index contributed by atoms with van der Waals surface area (Å²) in [7, 11) is -3.56. The molecule has 1 aromatic carbocycles. The van der Waals surface area contributed by atoms with Crippen molar-refractivity contribution in [2.45, 2.75) is 52.6 Å². The summed E-state index contributed by atoms with van der Waals surface area (Å²) in [5.41, 5.74) is 2.22. The van der Waals surface area contributed by atoms with Gasteiger partial charge in [-0.3, -0.25) is 14.3 Å². The van der Waals surface area contributed by atoms with Gasteiger partial charge >= 0.3 is 0 Å². The van der Waals surface area contributed by atoms with Crippen LogP contribution in [0.1, 0.15) is 66.1 Å². The average Bonchev–Trinajstić information content (AvgIpc) is 3.65. The first-order chi connectivity index (χ1) is 18.8. The van der Waals surface area contributed by atoms with Crippen molar-refractivity contribution in [1.82, 2.24) is 39.5 Å². The summed E-state index contributed by atoms with van der Waals surface area (Å²) < 4.78 is 30.6. The predicted octanol–water partition coefficient (Wildman–Crippen LogP) is 3.08. The standard InChI is InChI=1S/C26H36N8O3S2/c1-4-33(5-2)14-9-17-39(36,37)32-21(13-12-20-10-7-6-8-11-20)24-29-22(30-31-24)18-27-25(35)23-19(3)28-26-34(23)15-16-38-26/h6-8,10-11,15-16,21,32H,4-5,9,12-14,17-18H2,1-3H3,(H,27,35)(H,29,30,31)/t21-/m1/s1. The molecular weight excluding hydrogens is 536 g/mol. The number of hydrogen-bond acceptors (Lipinski definition) is 8. The molecule has 3 heterocycles. The van der Waals surface area contributed by atoms with E-state index < -0.39 is 16.1 Å². The first kappa shape index (κ1) is 28.9. The second-order valence-electron chi connectivity index (χ2n) is 9.32.